The quantitative estimate of drug-likeness (QED) is 0.0385. The molecule has 2 aromatic carbocycles. The van der Waals surface area contributed by atoms with Gasteiger partial charge in [0.2, 0.25) is 0 Å². The zero-order valence-electron chi connectivity index (χ0n) is 42.2. The fourth-order valence-electron chi connectivity index (χ4n) is 7.56. The first kappa shape index (κ1) is 58.4. The fourth-order valence-corrected chi connectivity index (χ4v) is 7.56. The molecule has 20 heteroatoms. The Bertz CT molecular complexity index is 2520. The number of allylic oxidation sites excluding steroid dienone is 4. The molecule has 1 saturated carbocycles. The van der Waals surface area contributed by atoms with E-state index in [-0.39, 0.29) is 61.5 Å². The molecular weight excluding hydrogens is 947 g/mol. The van der Waals surface area contributed by atoms with E-state index in [1.807, 2.05) is 68.5 Å². The minimum Gasteiger partial charge on any atom is -0.851 e. The Morgan fingerprint density at radius 3 is 1.69 bits per heavy atom. The van der Waals surface area contributed by atoms with Crippen LogP contribution in [0, 0.1) is 5.92 Å². The van der Waals surface area contributed by atoms with Gasteiger partial charge >= 0.3 is 5.97 Å². The first-order valence-corrected chi connectivity index (χ1v) is 24.2. The largest absolute Gasteiger partial charge is 0.851 e. The van der Waals surface area contributed by atoms with Gasteiger partial charge in [-0.3, -0.25) is 19.2 Å². The maximum absolute atomic E-state index is 12.6. The molecule has 0 spiro atoms. The summed E-state index contributed by atoms with van der Waals surface area (Å²) in [6.07, 6.45) is 9.08. The molecule has 6 bridgehead atoms. The van der Waals surface area contributed by atoms with Crippen LogP contribution in [0.2, 0.25) is 0 Å². The lowest BCUT2D eigenvalue weighted by Gasteiger charge is -2.60. The lowest BCUT2D eigenvalue weighted by Crippen LogP contribution is -2.64. The molecule has 392 valence electrons. The summed E-state index contributed by atoms with van der Waals surface area (Å²) in [7, 11) is 0. The van der Waals surface area contributed by atoms with Gasteiger partial charge in [-0.25, -0.2) is 14.8 Å². The van der Waals surface area contributed by atoms with Crippen LogP contribution in [0.25, 0.3) is 10.4 Å². The molecule has 4 amide bonds. The molecule has 3 aliphatic rings. The SMILES string of the molecule is C=C/C(=C\C)N(CC)CCN=[N+]=[N-].CCN(CCOCC(=O)O)c1ccc(C2C([O-])C(C)C2[O-])cc1.O=C1NCC=CC=CCNC(=O)c2cccc(n2)C(=O)NCc2ccc(cc2)CNC(=O)c2cccc1n2. The number of likely N-dealkylation sites (N-methyl/N-ethyl adjacent to an activating group) is 2. The average Bonchev–Trinajstić information content (AvgIpc) is 3.42. The van der Waals surface area contributed by atoms with Gasteiger partial charge in [0.1, 0.15) is 29.4 Å². The van der Waals surface area contributed by atoms with E-state index < -0.39 is 47.7 Å². The lowest BCUT2D eigenvalue weighted by atomic mass is 9.67. The number of fused-ring (bicyclic) bond motifs is 13. The van der Waals surface area contributed by atoms with Crippen LogP contribution in [0.3, 0.4) is 0 Å². The van der Waals surface area contributed by atoms with Crippen LogP contribution in [0.15, 0.2) is 139 Å². The molecule has 74 heavy (non-hydrogen) atoms. The van der Waals surface area contributed by atoms with Crippen molar-refractivity contribution in [2.45, 2.75) is 58.9 Å². The van der Waals surface area contributed by atoms with Gasteiger partial charge in [0.05, 0.1) is 6.61 Å². The van der Waals surface area contributed by atoms with Gasteiger partial charge in [-0.2, -0.15) is 0 Å². The third-order valence-electron chi connectivity index (χ3n) is 11.8. The highest BCUT2D eigenvalue weighted by molar-refractivity contribution is 5.97. The predicted octanol–water partition coefficient (Wildman–Crippen LogP) is 4.44. The van der Waals surface area contributed by atoms with Gasteiger partial charge in [0, 0.05) is 75.2 Å². The Balaban J connectivity index is 0.000000278. The molecule has 2 atom stereocenters. The summed E-state index contributed by atoms with van der Waals surface area (Å²) in [4.78, 5) is 75.6. The van der Waals surface area contributed by atoms with Crippen LogP contribution in [0.1, 0.15) is 92.3 Å². The van der Waals surface area contributed by atoms with Crippen LogP contribution in [-0.4, -0.2) is 121 Å². The topological polar surface area (TPSA) is 290 Å². The third-order valence-corrected chi connectivity index (χ3v) is 11.8. The number of rotatable bonds is 14. The number of amides is 4. The summed E-state index contributed by atoms with van der Waals surface area (Å²) >= 11 is 0. The number of hydrogen-bond acceptors (Lipinski definition) is 13. The average molecular weight is 1010 g/mol. The molecule has 0 saturated heterocycles. The van der Waals surface area contributed by atoms with Crippen molar-refractivity contribution < 1.29 is 44.0 Å². The number of carboxylic acids is 1. The van der Waals surface area contributed by atoms with Crippen molar-refractivity contribution >= 4 is 35.3 Å². The summed E-state index contributed by atoms with van der Waals surface area (Å²) in [5.41, 5.74) is 13.2. The normalized spacial score (nSPS) is 17.9. The Kier molecular flexibility index (Phi) is 24.7. The molecule has 0 radical (unpaired) electrons. The van der Waals surface area contributed by atoms with Crippen molar-refractivity contribution in [1.29, 1.82) is 0 Å². The first-order valence-electron chi connectivity index (χ1n) is 24.2. The second kappa shape index (κ2) is 31.3. The second-order valence-electron chi connectivity index (χ2n) is 16.7. The van der Waals surface area contributed by atoms with Crippen LogP contribution in [-0.2, 0) is 22.6 Å². The van der Waals surface area contributed by atoms with Gasteiger partial charge in [0.15, 0.2) is 0 Å². The Hall–Kier alpha value is -8.16. The Morgan fingerprint density at radius 1 is 0.784 bits per heavy atom. The van der Waals surface area contributed by atoms with Gasteiger partial charge in [0.25, 0.3) is 23.6 Å². The Morgan fingerprint density at radius 2 is 1.27 bits per heavy atom. The zero-order valence-corrected chi connectivity index (χ0v) is 42.2. The van der Waals surface area contributed by atoms with E-state index in [1.165, 1.54) is 12.1 Å². The van der Waals surface area contributed by atoms with Gasteiger partial charge in [-0.05, 0) is 91.4 Å². The number of nitrogens with one attached hydrogen (secondary N) is 4. The molecular formula is C54H65N11O9-2. The first-order chi connectivity index (χ1) is 35.7. The highest BCUT2D eigenvalue weighted by atomic mass is 16.5. The number of pyridine rings is 2. The zero-order chi connectivity index (χ0) is 53.8. The van der Waals surface area contributed by atoms with Crippen molar-refractivity contribution in [3.05, 3.63) is 184 Å². The number of aliphatic carboxylic acids is 1. The molecule has 4 aromatic rings. The minimum atomic E-state index is -0.980. The van der Waals surface area contributed by atoms with Crippen molar-refractivity contribution in [1.82, 2.24) is 36.1 Å². The van der Waals surface area contributed by atoms with Crippen molar-refractivity contribution in [2.75, 3.05) is 63.9 Å². The summed E-state index contributed by atoms with van der Waals surface area (Å²) in [6.45, 7) is 16.0. The summed E-state index contributed by atoms with van der Waals surface area (Å²) in [5.74, 6) is -3.33. The van der Waals surface area contributed by atoms with E-state index in [0.717, 1.165) is 47.7 Å². The van der Waals surface area contributed by atoms with E-state index in [4.69, 9.17) is 15.4 Å². The number of ether oxygens (including phenoxy) is 1. The maximum atomic E-state index is 12.6. The number of carbonyl (C=O) groups is 5. The van der Waals surface area contributed by atoms with Gasteiger partial charge in [-0.15, -0.1) is 12.2 Å². The Labute approximate surface area is 431 Å². The summed E-state index contributed by atoms with van der Waals surface area (Å²) in [5, 5.41) is 46.8. The maximum Gasteiger partial charge on any atom is 0.329 e. The minimum absolute atomic E-state index is 0.134. The lowest BCUT2D eigenvalue weighted by molar-refractivity contribution is -0.547. The number of benzene rings is 2. The number of carbonyl (C=O) groups excluding carboxylic acids is 4. The van der Waals surface area contributed by atoms with Crippen LogP contribution in [0.4, 0.5) is 5.69 Å². The predicted molar refractivity (Wildman–Crippen MR) is 278 cm³/mol. The highest BCUT2D eigenvalue weighted by Gasteiger charge is 2.34. The molecule has 2 aromatic heterocycles. The molecule has 1 fully saturated rings. The smallest absolute Gasteiger partial charge is 0.329 e. The van der Waals surface area contributed by atoms with Gasteiger partial charge in [-0.1, -0.05) is 103 Å². The molecule has 2 aliphatic heterocycles. The van der Waals surface area contributed by atoms with Crippen molar-refractivity contribution in [2.24, 2.45) is 11.0 Å². The van der Waals surface area contributed by atoms with Crippen LogP contribution < -0.4 is 36.4 Å². The van der Waals surface area contributed by atoms with E-state index in [1.54, 1.807) is 61.6 Å². The monoisotopic (exact) mass is 1010 g/mol. The van der Waals surface area contributed by atoms with E-state index in [9.17, 15) is 34.2 Å². The molecule has 4 heterocycles. The fraction of sp³-hybridized carbons (Fsp3) is 0.352. The van der Waals surface area contributed by atoms with Crippen molar-refractivity contribution in [3.63, 3.8) is 0 Å². The number of azide groups is 1. The molecule has 1 aliphatic carbocycles. The summed E-state index contributed by atoms with van der Waals surface area (Å²) in [6, 6.07) is 24.2. The van der Waals surface area contributed by atoms with Crippen molar-refractivity contribution in [3.8, 4) is 0 Å². The van der Waals surface area contributed by atoms with Crippen LogP contribution in [0.5, 0.6) is 0 Å². The number of aromatic nitrogens is 2. The van der Waals surface area contributed by atoms with Gasteiger partial charge < -0.3 is 51.1 Å². The molecule has 20 nitrogen and oxygen atoms in total. The number of carboxylic acid groups (broad SMARTS) is 1. The number of anilines is 1. The molecule has 7 rings (SSSR count). The van der Waals surface area contributed by atoms with E-state index in [0.29, 0.717) is 19.7 Å². The number of nitrogens with zero attached hydrogens (tertiary/aromatic N) is 7. The molecule has 2 unspecified atom stereocenters. The number of hydrogen-bond donors (Lipinski definition) is 5. The van der Waals surface area contributed by atoms with E-state index >= 15 is 0 Å². The van der Waals surface area contributed by atoms with Crippen LogP contribution >= 0.6 is 0 Å². The standard InChI is InChI=1S/C28H26N6O4.C17H23NO5.C9H16N4/c35-25-21-7-5-9-23(33-21)27(37)31-17-19-11-13-20(14-12-19)18-32-28(38)24-10-6-8-22(34-24)26(36)30-16-4-2-1-3-15-29-25;1-3-18(8-9-23-10-14(19)20)13-6-4-12(5-7-13)15-16(21)11(2)17(15)22;1-4-9(5-2)13(6-3)8-7-11-12-10/h1-14H,15-18H2,(H,29,35)(H,30,36)(H,31,37)(H,32,38);4-7,11,15-17H,3,8-10H2,1-2H3,(H,19,20);4-5H,1,6-8H2,2-3H3/q;-2;/b;;9-5+. The van der Waals surface area contributed by atoms with E-state index in [2.05, 4.69) is 64.6 Å². The highest BCUT2D eigenvalue weighted by Crippen LogP contribution is 2.39. The third kappa shape index (κ3) is 18.5. The second-order valence-corrected chi connectivity index (χ2v) is 16.7. The molecule has 5 N–H and O–H groups in total. The summed E-state index contributed by atoms with van der Waals surface area (Å²) < 4.78 is 5.05.